The highest BCUT2D eigenvalue weighted by molar-refractivity contribution is 5.90. The van der Waals surface area contributed by atoms with E-state index in [4.69, 9.17) is 10.5 Å². The minimum absolute atomic E-state index is 0.184. The molecule has 0 saturated heterocycles. The maximum Gasteiger partial charge on any atom is 0.269 e. The summed E-state index contributed by atoms with van der Waals surface area (Å²) < 4.78 is 5.69. The Morgan fingerprint density at radius 3 is 2.83 bits per heavy atom. The first-order chi connectivity index (χ1) is 11.2. The number of hydrogen-bond donors (Lipinski definition) is 1. The molecule has 0 aliphatic carbocycles. The molecule has 23 heavy (non-hydrogen) atoms. The van der Waals surface area contributed by atoms with Crippen LogP contribution in [-0.2, 0) is 13.0 Å². The lowest BCUT2D eigenvalue weighted by molar-refractivity contribution is 0.0994. The second kappa shape index (κ2) is 6.64. The van der Waals surface area contributed by atoms with Gasteiger partial charge >= 0.3 is 0 Å². The minimum Gasteiger partial charge on any atom is -0.494 e. The highest BCUT2D eigenvalue weighted by Crippen LogP contribution is 2.26. The molecule has 2 aromatic rings. The lowest BCUT2D eigenvalue weighted by Crippen LogP contribution is -2.31. The number of nitrogens with zero attached hydrogens (tertiary/aromatic N) is 3. The Balaban J connectivity index is 1.73. The van der Waals surface area contributed by atoms with Crippen LogP contribution in [0, 0.1) is 0 Å². The SMILES string of the molecule is CCCOc1ccc2c(c1)CCN(c1ccc(C(N)=O)nn1)C2. The number of anilines is 1. The zero-order valence-corrected chi connectivity index (χ0v) is 13.2. The van der Waals surface area contributed by atoms with Gasteiger partial charge in [0.2, 0.25) is 0 Å². The summed E-state index contributed by atoms with van der Waals surface area (Å²) in [6.45, 7) is 4.47. The van der Waals surface area contributed by atoms with Gasteiger partial charge in [0, 0.05) is 13.1 Å². The van der Waals surface area contributed by atoms with Crippen molar-refractivity contribution >= 4 is 11.7 Å². The van der Waals surface area contributed by atoms with Gasteiger partial charge in [-0.2, -0.15) is 0 Å². The minimum atomic E-state index is -0.562. The van der Waals surface area contributed by atoms with Gasteiger partial charge in [0.15, 0.2) is 11.5 Å². The highest BCUT2D eigenvalue weighted by atomic mass is 16.5. The standard InChI is InChI=1S/C17H20N4O2/c1-2-9-23-14-4-3-13-11-21(8-7-12(13)10-14)16-6-5-15(17(18)22)19-20-16/h3-6,10H,2,7-9,11H2,1H3,(H2,18,22). The largest absolute Gasteiger partial charge is 0.494 e. The van der Waals surface area contributed by atoms with Crippen LogP contribution in [0.3, 0.4) is 0 Å². The summed E-state index contributed by atoms with van der Waals surface area (Å²) in [7, 11) is 0. The Hall–Kier alpha value is -2.63. The summed E-state index contributed by atoms with van der Waals surface area (Å²) in [5.41, 5.74) is 7.95. The zero-order chi connectivity index (χ0) is 16.2. The number of primary amides is 1. The predicted octanol–water partition coefficient (Wildman–Crippen LogP) is 1.93. The molecule has 0 bridgehead atoms. The molecule has 0 spiro atoms. The van der Waals surface area contributed by atoms with Crippen molar-refractivity contribution < 1.29 is 9.53 Å². The van der Waals surface area contributed by atoms with Gasteiger partial charge in [-0.3, -0.25) is 4.79 Å². The van der Waals surface area contributed by atoms with E-state index >= 15 is 0 Å². The van der Waals surface area contributed by atoms with Gasteiger partial charge in [-0.05, 0) is 48.2 Å². The van der Waals surface area contributed by atoms with Crippen LogP contribution in [0.25, 0.3) is 0 Å². The Kier molecular flexibility index (Phi) is 4.41. The molecule has 0 saturated carbocycles. The average molecular weight is 312 g/mol. The Labute approximate surface area is 135 Å². The molecule has 1 aliphatic rings. The van der Waals surface area contributed by atoms with E-state index in [1.807, 2.05) is 6.07 Å². The van der Waals surface area contributed by atoms with Crippen LogP contribution in [-0.4, -0.2) is 29.3 Å². The molecule has 6 heteroatoms. The number of amides is 1. The molecule has 6 nitrogen and oxygen atoms in total. The van der Waals surface area contributed by atoms with Crippen molar-refractivity contribution in [2.75, 3.05) is 18.1 Å². The van der Waals surface area contributed by atoms with Gasteiger partial charge in [-0.25, -0.2) is 0 Å². The number of benzene rings is 1. The van der Waals surface area contributed by atoms with E-state index in [-0.39, 0.29) is 5.69 Å². The number of aromatic nitrogens is 2. The van der Waals surface area contributed by atoms with E-state index in [2.05, 4.69) is 34.2 Å². The van der Waals surface area contributed by atoms with Crippen LogP contribution < -0.4 is 15.4 Å². The maximum atomic E-state index is 11.1. The maximum absolute atomic E-state index is 11.1. The molecule has 2 N–H and O–H groups in total. The van der Waals surface area contributed by atoms with Crippen molar-refractivity contribution in [2.24, 2.45) is 5.73 Å². The molecule has 120 valence electrons. The fraction of sp³-hybridized carbons (Fsp3) is 0.353. The van der Waals surface area contributed by atoms with Gasteiger partial charge in [-0.15, -0.1) is 10.2 Å². The van der Waals surface area contributed by atoms with Crippen molar-refractivity contribution in [3.63, 3.8) is 0 Å². The van der Waals surface area contributed by atoms with E-state index in [9.17, 15) is 4.79 Å². The molecular formula is C17H20N4O2. The number of carbonyl (C=O) groups excluding carboxylic acids is 1. The first-order valence-electron chi connectivity index (χ1n) is 7.80. The molecule has 1 aromatic heterocycles. The molecule has 1 aromatic carbocycles. The van der Waals surface area contributed by atoms with E-state index < -0.39 is 5.91 Å². The topological polar surface area (TPSA) is 81.3 Å². The Morgan fingerprint density at radius 2 is 2.13 bits per heavy atom. The van der Waals surface area contributed by atoms with Crippen LogP contribution in [0.4, 0.5) is 5.82 Å². The number of nitrogens with two attached hydrogens (primary N) is 1. The summed E-state index contributed by atoms with van der Waals surface area (Å²) >= 11 is 0. The Bertz CT molecular complexity index is 700. The summed E-state index contributed by atoms with van der Waals surface area (Å²) in [6.07, 6.45) is 1.93. The van der Waals surface area contributed by atoms with Gasteiger partial charge < -0.3 is 15.4 Å². The molecule has 2 heterocycles. The molecule has 1 amide bonds. The lowest BCUT2D eigenvalue weighted by atomic mass is 9.99. The third kappa shape index (κ3) is 3.41. The summed E-state index contributed by atoms with van der Waals surface area (Å²) in [4.78, 5) is 13.2. The number of carbonyl (C=O) groups is 1. The summed E-state index contributed by atoms with van der Waals surface area (Å²) in [6, 6.07) is 9.65. The van der Waals surface area contributed by atoms with Crippen LogP contribution in [0.2, 0.25) is 0 Å². The van der Waals surface area contributed by atoms with Crippen LogP contribution in [0.5, 0.6) is 5.75 Å². The third-order valence-corrected chi connectivity index (χ3v) is 3.89. The number of hydrogen-bond acceptors (Lipinski definition) is 5. The quantitative estimate of drug-likeness (QED) is 0.912. The second-order valence-electron chi connectivity index (χ2n) is 5.59. The van der Waals surface area contributed by atoms with E-state index in [0.29, 0.717) is 0 Å². The Morgan fingerprint density at radius 1 is 1.26 bits per heavy atom. The summed E-state index contributed by atoms with van der Waals surface area (Å²) in [5.74, 6) is 1.13. The average Bonchev–Trinajstić information content (AvgIpc) is 2.59. The molecule has 0 unspecified atom stereocenters. The summed E-state index contributed by atoms with van der Waals surface area (Å²) in [5, 5.41) is 7.98. The second-order valence-corrected chi connectivity index (χ2v) is 5.59. The third-order valence-electron chi connectivity index (χ3n) is 3.89. The van der Waals surface area contributed by atoms with Crippen molar-refractivity contribution in [3.05, 3.63) is 47.2 Å². The fourth-order valence-corrected chi connectivity index (χ4v) is 2.66. The zero-order valence-electron chi connectivity index (χ0n) is 13.2. The van der Waals surface area contributed by atoms with Crippen molar-refractivity contribution in [3.8, 4) is 5.75 Å². The van der Waals surface area contributed by atoms with Crippen molar-refractivity contribution in [1.82, 2.24) is 10.2 Å². The number of rotatable bonds is 5. The van der Waals surface area contributed by atoms with Crippen LogP contribution in [0.15, 0.2) is 30.3 Å². The normalized spacial score (nSPS) is 13.5. The molecule has 1 aliphatic heterocycles. The highest BCUT2D eigenvalue weighted by Gasteiger charge is 2.18. The fourth-order valence-electron chi connectivity index (χ4n) is 2.66. The van der Waals surface area contributed by atoms with Crippen LogP contribution >= 0.6 is 0 Å². The van der Waals surface area contributed by atoms with E-state index in [1.54, 1.807) is 12.1 Å². The first kappa shape index (κ1) is 15.3. The van der Waals surface area contributed by atoms with E-state index in [0.717, 1.165) is 44.1 Å². The van der Waals surface area contributed by atoms with E-state index in [1.165, 1.54) is 11.1 Å². The first-order valence-corrected chi connectivity index (χ1v) is 7.80. The number of fused-ring (bicyclic) bond motifs is 1. The van der Waals surface area contributed by atoms with Gasteiger partial charge in [0.05, 0.1) is 6.61 Å². The molecule has 3 rings (SSSR count). The molecular weight excluding hydrogens is 292 g/mol. The van der Waals surface area contributed by atoms with Gasteiger partial charge in [0.1, 0.15) is 5.75 Å². The smallest absolute Gasteiger partial charge is 0.269 e. The van der Waals surface area contributed by atoms with Crippen LogP contribution in [0.1, 0.15) is 35.0 Å². The van der Waals surface area contributed by atoms with Crippen molar-refractivity contribution in [2.45, 2.75) is 26.3 Å². The lowest BCUT2D eigenvalue weighted by Gasteiger charge is -2.29. The predicted molar refractivity (Wildman–Crippen MR) is 87.5 cm³/mol. The monoisotopic (exact) mass is 312 g/mol. The number of ether oxygens (including phenoxy) is 1. The molecule has 0 fully saturated rings. The van der Waals surface area contributed by atoms with Gasteiger partial charge in [0.25, 0.3) is 5.91 Å². The molecule has 0 radical (unpaired) electrons. The van der Waals surface area contributed by atoms with Crippen molar-refractivity contribution in [1.29, 1.82) is 0 Å². The van der Waals surface area contributed by atoms with Gasteiger partial charge in [-0.1, -0.05) is 13.0 Å². The molecule has 0 atom stereocenters.